The molecule has 0 saturated carbocycles. The van der Waals surface area contributed by atoms with Crippen molar-refractivity contribution in [2.45, 2.75) is 26.4 Å². The standard InChI is InChI=1S/C16H18N2O4/c1-16(2,3)22-15(21)18-10-13(14(19)20)8-11-5-4-6-12(7-11)9-17/h4-8H,10H2,1-3H3,(H,18,21)(H,19,20)/b13-8+. The molecule has 0 atom stereocenters. The van der Waals surface area contributed by atoms with Crippen LogP contribution in [-0.4, -0.2) is 29.3 Å². The lowest BCUT2D eigenvalue weighted by Gasteiger charge is -2.19. The minimum Gasteiger partial charge on any atom is -0.478 e. The van der Waals surface area contributed by atoms with Crippen molar-refractivity contribution in [3.05, 3.63) is 41.0 Å². The molecule has 1 rings (SSSR count). The van der Waals surface area contributed by atoms with Crippen molar-refractivity contribution in [2.24, 2.45) is 0 Å². The van der Waals surface area contributed by atoms with E-state index >= 15 is 0 Å². The van der Waals surface area contributed by atoms with Crippen molar-refractivity contribution in [3.8, 4) is 6.07 Å². The van der Waals surface area contributed by atoms with Crippen LogP contribution in [0.5, 0.6) is 0 Å². The number of ether oxygens (including phenoxy) is 1. The Kier molecular flexibility index (Phi) is 5.70. The largest absolute Gasteiger partial charge is 0.478 e. The van der Waals surface area contributed by atoms with Crippen LogP contribution in [0.25, 0.3) is 6.08 Å². The summed E-state index contributed by atoms with van der Waals surface area (Å²) in [5, 5.41) is 20.4. The number of aliphatic carboxylic acids is 1. The highest BCUT2D eigenvalue weighted by molar-refractivity contribution is 5.93. The summed E-state index contributed by atoms with van der Waals surface area (Å²) in [5.74, 6) is -1.15. The van der Waals surface area contributed by atoms with Crippen LogP contribution in [-0.2, 0) is 9.53 Å². The number of nitrogens with one attached hydrogen (secondary N) is 1. The molecule has 1 amide bonds. The van der Waals surface area contributed by atoms with Gasteiger partial charge in [-0.05, 0) is 44.5 Å². The van der Waals surface area contributed by atoms with Crippen molar-refractivity contribution in [3.63, 3.8) is 0 Å². The molecule has 0 saturated heterocycles. The van der Waals surface area contributed by atoms with E-state index in [0.29, 0.717) is 11.1 Å². The van der Waals surface area contributed by atoms with Crippen LogP contribution in [0.3, 0.4) is 0 Å². The van der Waals surface area contributed by atoms with Gasteiger partial charge in [-0.15, -0.1) is 0 Å². The van der Waals surface area contributed by atoms with Gasteiger partial charge in [0.1, 0.15) is 5.60 Å². The number of carboxylic acids is 1. The molecule has 0 aromatic heterocycles. The molecule has 0 heterocycles. The van der Waals surface area contributed by atoms with Gasteiger partial charge in [-0.25, -0.2) is 9.59 Å². The maximum atomic E-state index is 11.5. The van der Waals surface area contributed by atoms with Crippen LogP contribution in [0.15, 0.2) is 29.8 Å². The molecule has 0 aliphatic heterocycles. The van der Waals surface area contributed by atoms with Crippen molar-refractivity contribution in [1.29, 1.82) is 5.26 Å². The molecule has 0 bridgehead atoms. The zero-order valence-electron chi connectivity index (χ0n) is 12.7. The summed E-state index contributed by atoms with van der Waals surface area (Å²) >= 11 is 0. The molecule has 22 heavy (non-hydrogen) atoms. The first-order chi connectivity index (χ1) is 10.2. The molecule has 0 aliphatic carbocycles. The van der Waals surface area contributed by atoms with E-state index in [4.69, 9.17) is 10.00 Å². The van der Waals surface area contributed by atoms with Gasteiger partial charge in [-0.2, -0.15) is 5.26 Å². The summed E-state index contributed by atoms with van der Waals surface area (Å²) < 4.78 is 5.04. The van der Waals surface area contributed by atoms with Gasteiger partial charge in [0.2, 0.25) is 0 Å². The average Bonchev–Trinajstić information content (AvgIpc) is 2.41. The van der Waals surface area contributed by atoms with E-state index in [9.17, 15) is 14.7 Å². The molecule has 1 aromatic rings. The number of carbonyl (C=O) groups excluding carboxylic acids is 1. The second kappa shape index (κ2) is 7.27. The Hall–Kier alpha value is -2.81. The molecule has 0 radical (unpaired) electrons. The fourth-order valence-corrected chi connectivity index (χ4v) is 1.57. The van der Waals surface area contributed by atoms with Gasteiger partial charge < -0.3 is 15.2 Å². The summed E-state index contributed by atoms with van der Waals surface area (Å²) in [4.78, 5) is 22.8. The molecule has 0 spiro atoms. The number of rotatable bonds is 4. The minimum absolute atomic E-state index is 0.0130. The lowest BCUT2D eigenvalue weighted by Crippen LogP contribution is -2.34. The number of benzene rings is 1. The quantitative estimate of drug-likeness (QED) is 0.833. The number of nitriles is 1. The predicted octanol–water partition coefficient (Wildman–Crippen LogP) is 2.55. The highest BCUT2D eigenvalue weighted by atomic mass is 16.6. The van der Waals surface area contributed by atoms with Crippen molar-refractivity contribution >= 4 is 18.1 Å². The molecule has 0 unspecified atom stereocenters. The molecule has 0 aliphatic rings. The number of carbonyl (C=O) groups is 2. The van der Waals surface area contributed by atoms with E-state index in [1.807, 2.05) is 6.07 Å². The molecule has 6 heteroatoms. The van der Waals surface area contributed by atoms with Gasteiger partial charge >= 0.3 is 12.1 Å². The smallest absolute Gasteiger partial charge is 0.407 e. The van der Waals surface area contributed by atoms with Crippen LogP contribution in [0.4, 0.5) is 4.79 Å². The van der Waals surface area contributed by atoms with E-state index in [0.717, 1.165) is 0 Å². The van der Waals surface area contributed by atoms with Crippen LogP contribution in [0.1, 0.15) is 31.9 Å². The number of alkyl carbamates (subject to hydrolysis) is 1. The van der Waals surface area contributed by atoms with Crippen molar-refractivity contribution < 1.29 is 19.4 Å². The Labute approximate surface area is 129 Å². The van der Waals surface area contributed by atoms with Crippen LogP contribution in [0.2, 0.25) is 0 Å². The first kappa shape index (κ1) is 17.2. The molecular formula is C16H18N2O4. The number of hydrogen-bond acceptors (Lipinski definition) is 4. The minimum atomic E-state index is -1.15. The normalized spacial score (nSPS) is 11.5. The summed E-state index contributed by atoms with van der Waals surface area (Å²) in [6, 6.07) is 8.50. The van der Waals surface area contributed by atoms with Crippen LogP contribution in [0, 0.1) is 11.3 Å². The van der Waals surface area contributed by atoms with E-state index < -0.39 is 17.7 Å². The van der Waals surface area contributed by atoms with Gasteiger partial charge in [-0.1, -0.05) is 12.1 Å². The van der Waals surface area contributed by atoms with Gasteiger partial charge in [0.25, 0.3) is 0 Å². The molecule has 116 valence electrons. The van der Waals surface area contributed by atoms with E-state index in [-0.39, 0.29) is 12.1 Å². The first-order valence-electron chi connectivity index (χ1n) is 6.62. The summed E-state index contributed by atoms with van der Waals surface area (Å²) in [5.41, 5.74) is 0.333. The highest BCUT2D eigenvalue weighted by Crippen LogP contribution is 2.10. The molecular weight excluding hydrogens is 284 g/mol. The number of nitrogens with zero attached hydrogens (tertiary/aromatic N) is 1. The summed E-state index contributed by atoms with van der Waals surface area (Å²) in [7, 11) is 0. The average molecular weight is 302 g/mol. The summed E-state index contributed by atoms with van der Waals surface area (Å²) in [6.45, 7) is 4.97. The third-order valence-electron chi connectivity index (χ3n) is 2.45. The number of carboxylic acid groups (broad SMARTS) is 1. The van der Waals surface area contributed by atoms with Crippen molar-refractivity contribution in [2.75, 3.05) is 6.54 Å². The number of amides is 1. The van der Waals surface area contributed by atoms with Crippen molar-refractivity contribution in [1.82, 2.24) is 5.32 Å². The third-order valence-corrected chi connectivity index (χ3v) is 2.45. The topological polar surface area (TPSA) is 99.4 Å². The van der Waals surface area contributed by atoms with Crippen LogP contribution < -0.4 is 5.32 Å². The Balaban J connectivity index is 2.82. The first-order valence-corrected chi connectivity index (χ1v) is 6.62. The van der Waals surface area contributed by atoms with E-state index in [2.05, 4.69) is 5.32 Å². The zero-order valence-corrected chi connectivity index (χ0v) is 12.7. The van der Waals surface area contributed by atoms with E-state index in [1.165, 1.54) is 6.08 Å². The zero-order chi connectivity index (χ0) is 16.8. The van der Waals surface area contributed by atoms with Gasteiger partial charge in [-0.3, -0.25) is 0 Å². The Morgan fingerprint density at radius 1 is 1.41 bits per heavy atom. The fourth-order valence-electron chi connectivity index (χ4n) is 1.57. The second-order valence-corrected chi connectivity index (χ2v) is 5.57. The highest BCUT2D eigenvalue weighted by Gasteiger charge is 2.17. The predicted molar refractivity (Wildman–Crippen MR) is 81.0 cm³/mol. The summed E-state index contributed by atoms with van der Waals surface area (Å²) in [6.07, 6.45) is 0.714. The lowest BCUT2D eigenvalue weighted by molar-refractivity contribution is -0.132. The van der Waals surface area contributed by atoms with E-state index in [1.54, 1.807) is 45.0 Å². The fraction of sp³-hybridized carbons (Fsp3) is 0.312. The Morgan fingerprint density at radius 3 is 2.64 bits per heavy atom. The lowest BCUT2D eigenvalue weighted by atomic mass is 10.1. The van der Waals surface area contributed by atoms with Crippen LogP contribution >= 0.6 is 0 Å². The number of hydrogen-bond donors (Lipinski definition) is 2. The Morgan fingerprint density at radius 2 is 2.09 bits per heavy atom. The third kappa shape index (κ3) is 6.09. The monoisotopic (exact) mass is 302 g/mol. The van der Waals surface area contributed by atoms with Gasteiger partial charge in [0.15, 0.2) is 0 Å². The molecule has 0 fully saturated rings. The maximum Gasteiger partial charge on any atom is 0.407 e. The van der Waals surface area contributed by atoms with Gasteiger partial charge in [0, 0.05) is 0 Å². The van der Waals surface area contributed by atoms with Gasteiger partial charge in [0.05, 0.1) is 23.8 Å². The molecule has 1 aromatic carbocycles. The Bertz CT molecular complexity index is 636. The second-order valence-electron chi connectivity index (χ2n) is 5.57. The molecule has 2 N–H and O–H groups in total. The molecule has 6 nitrogen and oxygen atoms in total. The SMILES string of the molecule is CC(C)(C)OC(=O)NC/C(=C\c1cccc(C#N)c1)C(=O)O. The maximum absolute atomic E-state index is 11.5.